The van der Waals surface area contributed by atoms with E-state index < -0.39 is 17.7 Å². The van der Waals surface area contributed by atoms with Crippen LogP contribution in [-0.4, -0.2) is 76.1 Å². The smallest absolute Gasteiger partial charge is 0.260 e. The third-order valence-corrected chi connectivity index (χ3v) is 4.93. The Kier molecular flexibility index (Phi) is 4.22. The van der Waals surface area contributed by atoms with Gasteiger partial charge in [0.25, 0.3) is 5.92 Å². The van der Waals surface area contributed by atoms with Crippen LogP contribution >= 0.6 is 0 Å². The number of alkyl halides is 2. The second-order valence-electron chi connectivity index (χ2n) is 6.63. The highest BCUT2D eigenvalue weighted by Gasteiger charge is 2.62. The fourth-order valence-electron chi connectivity index (χ4n) is 3.29. The lowest BCUT2D eigenvalue weighted by molar-refractivity contribution is -0.135. The Bertz CT molecular complexity index is 818. The minimum Gasteiger partial charge on any atom is -0.383 e. The van der Waals surface area contributed by atoms with Crippen LogP contribution in [0.5, 0.6) is 0 Å². The molecule has 1 unspecified atom stereocenters. The van der Waals surface area contributed by atoms with Crippen molar-refractivity contribution in [3.63, 3.8) is 0 Å². The molecule has 2 aromatic heterocycles. The standard InChI is InChI=1S/C16H20F2N6O2/c1-26-7-6-24-10-21-12-13(19-9-20-14(12)24)22-2-4-23(5-3-22)15(25)11-8-16(11,17)18/h9-11H,2-8H2,1H3. The predicted octanol–water partition coefficient (Wildman–Crippen LogP) is 0.776. The molecule has 4 rings (SSSR count). The first-order chi connectivity index (χ1) is 12.5. The molecule has 0 spiro atoms. The van der Waals surface area contributed by atoms with Crippen molar-refractivity contribution in [3.05, 3.63) is 12.7 Å². The zero-order valence-electron chi connectivity index (χ0n) is 14.4. The fourth-order valence-corrected chi connectivity index (χ4v) is 3.29. The highest BCUT2D eigenvalue weighted by Crippen LogP contribution is 2.49. The topological polar surface area (TPSA) is 76.4 Å². The molecule has 8 nitrogen and oxygen atoms in total. The van der Waals surface area contributed by atoms with Crippen molar-refractivity contribution in [2.75, 3.05) is 44.8 Å². The summed E-state index contributed by atoms with van der Waals surface area (Å²) >= 11 is 0. The molecule has 0 N–H and O–H groups in total. The molecule has 2 aliphatic rings. The quantitative estimate of drug-likeness (QED) is 0.778. The summed E-state index contributed by atoms with van der Waals surface area (Å²) in [5, 5.41) is 0. The van der Waals surface area contributed by atoms with Crippen LogP contribution in [0.4, 0.5) is 14.6 Å². The van der Waals surface area contributed by atoms with Gasteiger partial charge in [-0.05, 0) is 0 Å². The summed E-state index contributed by atoms with van der Waals surface area (Å²) in [5.41, 5.74) is 1.42. The Hall–Kier alpha value is -2.36. The van der Waals surface area contributed by atoms with Crippen LogP contribution in [0.1, 0.15) is 6.42 Å². The summed E-state index contributed by atoms with van der Waals surface area (Å²) in [6, 6.07) is 0. The van der Waals surface area contributed by atoms with Crippen molar-refractivity contribution in [2.24, 2.45) is 5.92 Å². The van der Waals surface area contributed by atoms with E-state index in [1.807, 2.05) is 9.47 Å². The van der Waals surface area contributed by atoms with Gasteiger partial charge in [0.05, 0.1) is 12.9 Å². The number of halogens is 2. The Morgan fingerprint density at radius 3 is 2.65 bits per heavy atom. The number of methoxy groups -OCH3 is 1. The largest absolute Gasteiger partial charge is 0.383 e. The van der Waals surface area contributed by atoms with Crippen LogP contribution in [0.25, 0.3) is 11.2 Å². The molecule has 2 fully saturated rings. The molecule has 1 amide bonds. The first-order valence-electron chi connectivity index (χ1n) is 8.57. The number of carbonyl (C=O) groups excluding carboxylic acids is 1. The first-order valence-corrected chi connectivity index (χ1v) is 8.57. The van der Waals surface area contributed by atoms with Gasteiger partial charge in [0.2, 0.25) is 5.91 Å². The molecule has 1 saturated heterocycles. The molecule has 1 aliphatic carbocycles. The minimum atomic E-state index is -2.82. The van der Waals surface area contributed by atoms with E-state index in [2.05, 4.69) is 15.0 Å². The van der Waals surface area contributed by atoms with Crippen LogP contribution in [0.2, 0.25) is 0 Å². The normalized spacial score (nSPS) is 22.0. The number of aromatic nitrogens is 4. The molecular weight excluding hydrogens is 346 g/mol. The maximum atomic E-state index is 13.1. The first kappa shape index (κ1) is 17.1. The average molecular weight is 366 g/mol. The third kappa shape index (κ3) is 2.98. The number of fused-ring (bicyclic) bond motifs is 1. The Morgan fingerprint density at radius 1 is 1.27 bits per heavy atom. The van der Waals surface area contributed by atoms with Gasteiger partial charge < -0.3 is 19.1 Å². The fraction of sp³-hybridized carbons (Fsp3) is 0.625. The van der Waals surface area contributed by atoms with E-state index in [9.17, 15) is 13.6 Å². The van der Waals surface area contributed by atoms with Gasteiger partial charge in [-0.3, -0.25) is 4.79 Å². The van der Waals surface area contributed by atoms with E-state index in [1.165, 1.54) is 11.2 Å². The van der Waals surface area contributed by atoms with E-state index in [1.54, 1.807) is 13.4 Å². The van der Waals surface area contributed by atoms with Crippen LogP contribution in [0.15, 0.2) is 12.7 Å². The molecule has 1 aliphatic heterocycles. The lowest BCUT2D eigenvalue weighted by atomic mass is 10.2. The summed E-state index contributed by atoms with van der Waals surface area (Å²) in [6.07, 6.45) is 2.87. The molecule has 2 aromatic rings. The van der Waals surface area contributed by atoms with Gasteiger partial charge in [-0.25, -0.2) is 23.7 Å². The molecule has 26 heavy (non-hydrogen) atoms. The number of hydrogen-bond acceptors (Lipinski definition) is 6. The molecule has 140 valence electrons. The van der Waals surface area contributed by atoms with Crippen molar-refractivity contribution in [1.82, 2.24) is 24.4 Å². The van der Waals surface area contributed by atoms with Crippen molar-refractivity contribution < 1.29 is 18.3 Å². The maximum absolute atomic E-state index is 13.1. The molecule has 0 bridgehead atoms. The van der Waals surface area contributed by atoms with Gasteiger partial charge in [-0.2, -0.15) is 0 Å². The van der Waals surface area contributed by atoms with Crippen molar-refractivity contribution in [3.8, 4) is 0 Å². The highest BCUT2D eigenvalue weighted by molar-refractivity contribution is 5.85. The SMILES string of the molecule is COCCn1cnc2c(N3CCN(C(=O)C4CC4(F)F)CC3)ncnc21. The Balaban J connectivity index is 1.46. The van der Waals surface area contributed by atoms with E-state index >= 15 is 0 Å². The number of amides is 1. The van der Waals surface area contributed by atoms with Crippen molar-refractivity contribution in [1.29, 1.82) is 0 Å². The van der Waals surface area contributed by atoms with E-state index in [-0.39, 0.29) is 6.42 Å². The zero-order chi connectivity index (χ0) is 18.3. The molecule has 0 radical (unpaired) electrons. The summed E-state index contributed by atoms with van der Waals surface area (Å²) in [5.74, 6) is -3.68. The van der Waals surface area contributed by atoms with E-state index in [4.69, 9.17) is 4.74 Å². The number of imidazole rings is 1. The van der Waals surface area contributed by atoms with Gasteiger partial charge in [-0.15, -0.1) is 0 Å². The number of carbonyl (C=O) groups is 1. The zero-order valence-corrected chi connectivity index (χ0v) is 14.4. The number of rotatable bonds is 5. The van der Waals surface area contributed by atoms with E-state index in [0.29, 0.717) is 50.7 Å². The van der Waals surface area contributed by atoms with Crippen LogP contribution in [-0.2, 0) is 16.1 Å². The second kappa shape index (κ2) is 6.42. The molecular formula is C16H20F2N6O2. The summed E-state index contributed by atoms with van der Waals surface area (Å²) < 4.78 is 33.2. The molecule has 1 atom stereocenters. The highest BCUT2D eigenvalue weighted by atomic mass is 19.3. The number of nitrogens with zero attached hydrogens (tertiary/aromatic N) is 6. The summed E-state index contributed by atoms with van der Waals surface area (Å²) in [6.45, 7) is 3.06. The molecule has 10 heteroatoms. The Morgan fingerprint density at radius 2 is 2.00 bits per heavy atom. The average Bonchev–Trinajstić information content (AvgIpc) is 3.10. The van der Waals surface area contributed by atoms with Gasteiger partial charge in [0.1, 0.15) is 12.2 Å². The summed E-state index contributed by atoms with van der Waals surface area (Å²) in [7, 11) is 1.64. The Labute approximate surface area is 148 Å². The second-order valence-corrected chi connectivity index (χ2v) is 6.63. The van der Waals surface area contributed by atoms with Gasteiger partial charge in [-0.1, -0.05) is 0 Å². The van der Waals surface area contributed by atoms with Gasteiger partial charge >= 0.3 is 0 Å². The molecule has 0 aromatic carbocycles. The molecule has 1 saturated carbocycles. The minimum absolute atomic E-state index is 0.322. The van der Waals surface area contributed by atoms with Gasteiger partial charge in [0, 0.05) is 46.3 Å². The molecule has 3 heterocycles. The monoisotopic (exact) mass is 366 g/mol. The lowest BCUT2D eigenvalue weighted by Crippen LogP contribution is -2.50. The van der Waals surface area contributed by atoms with Gasteiger partial charge in [0.15, 0.2) is 17.0 Å². The number of piperazine rings is 1. The number of hydrogen-bond donors (Lipinski definition) is 0. The predicted molar refractivity (Wildman–Crippen MR) is 89.0 cm³/mol. The number of ether oxygens (including phenoxy) is 1. The maximum Gasteiger partial charge on any atom is 0.260 e. The van der Waals surface area contributed by atoms with Crippen LogP contribution in [0, 0.1) is 5.92 Å². The van der Waals surface area contributed by atoms with E-state index in [0.717, 1.165) is 5.65 Å². The summed E-state index contributed by atoms with van der Waals surface area (Å²) in [4.78, 5) is 28.7. The van der Waals surface area contributed by atoms with Crippen molar-refractivity contribution >= 4 is 22.9 Å². The van der Waals surface area contributed by atoms with Crippen molar-refractivity contribution in [2.45, 2.75) is 18.9 Å². The van der Waals surface area contributed by atoms with Crippen LogP contribution in [0.3, 0.4) is 0 Å². The number of anilines is 1. The third-order valence-electron chi connectivity index (χ3n) is 4.93. The lowest BCUT2D eigenvalue weighted by Gasteiger charge is -2.35. The van der Waals surface area contributed by atoms with Crippen LogP contribution < -0.4 is 4.90 Å².